The van der Waals surface area contributed by atoms with Gasteiger partial charge in [-0.05, 0) is 48.9 Å². The average Bonchev–Trinajstić information content (AvgIpc) is 3.04. The Balaban J connectivity index is 1.81. The van der Waals surface area contributed by atoms with Crippen LogP contribution >= 0.6 is 0 Å². The normalized spacial score (nSPS) is 15.0. The zero-order valence-electron chi connectivity index (χ0n) is 16.5. The standard InChI is InChI=1S/C22H28N2O3/c1-15(2)22(16(3)4)13-12-17-10-11-19(21(26)24(17)22)23-14-20(25)27-18-8-6-5-7-9-18/h5-11,15-16,23H,12-14H2,1-4H3. The van der Waals surface area contributed by atoms with E-state index < -0.39 is 5.97 Å². The molecule has 0 aliphatic carbocycles. The molecule has 3 rings (SSSR count). The van der Waals surface area contributed by atoms with Gasteiger partial charge < -0.3 is 14.6 Å². The van der Waals surface area contributed by atoms with Gasteiger partial charge in [-0.3, -0.25) is 4.79 Å². The summed E-state index contributed by atoms with van der Waals surface area (Å²) in [5.74, 6) is 0.753. The first-order chi connectivity index (χ1) is 12.9. The lowest BCUT2D eigenvalue weighted by molar-refractivity contribution is -0.132. The lowest BCUT2D eigenvalue weighted by atomic mass is 9.75. The quantitative estimate of drug-likeness (QED) is 0.622. The average molecular weight is 368 g/mol. The van der Waals surface area contributed by atoms with Gasteiger partial charge >= 0.3 is 5.97 Å². The van der Waals surface area contributed by atoms with E-state index in [0.717, 1.165) is 18.5 Å². The fourth-order valence-corrected chi connectivity index (χ4v) is 4.39. The molecule has 0 saturated carbocycles. The molecule has 0 spiro atoms. The van der Waals surface area contributed by atoms with Crippen LogP contribution in [0, 0.1) is 11.8 Å². The van der Waals surface area contributed by atoms with Crippen LogP contribution in [0.15, 0.2) is 47.3 Å². The van der Waals surface area contributed by atoms with Gasteiger partial charge in [0.2, 0.25) is 0 Å². The van der Waals surface area contributed by atoms with Crippen molar-refractivity contribution < 1.29 is 9.53 Å². The minimum absolute atomic E-state index is 0.0556. The lowest BCUT2D eigenvalue weighted by Crippen LogP contribution is -2.47. The number of carbonyl (C=O) groups excluding carboxylic acids is 1. The first-order valence-electron chi connectivity index (χ1n) is 9.61. The molecule has 1 aromatic heterocycles. The number of aryl methyl sites for hydroxylation is 1. The summed E-state index contributed by atoms with van der Waals surface area (Å²) < 4.78 is 7.24. The van der Waals surface area contributed by atoms with Gasteiger partial charge in [0.1, 0.15) is 18.0 Å². The number of pyridine rings is 1. The first kappa shape index (κ1) is 19.2. The second kappa shape index (κ2) is 7.59. The molecule has 1 aromatic carbocycles. The number of nitrogens with one attached hydrogen (secondary N) is 1. The molecule has 1 N–H and O–H groups in total. The maximum absolute atomic E-state index is 13.2. The predicted octanol–water partition coefficient (Wildman–Crippen LogP) is 3.82. The number of carbonyl (C=O) groups is 1. The molecule has 0 bridgehead atoms. The Morgan fingerprint density at radius 2 is 1.78 bits per heavy atom. The zero-order chi connectivity index (χ0) is 19.6. The van der Waals surface area contributed by atoms with E-state index in [1.165, 1.54) is 0 Å². The molecule has 5 nitrogen and oxygen atoms in total. The molecule has 2 heterocycles. The maximum Gasteiger partial charge on any atom is 0.330 e. The van der Waals surface area contributed by atoms with E-state index in [4.69, 9.17) is 4.74 Å². The zero-order valence-corrected chi connectivity index (χ0v) is 16.5. The van der Waals surface area contributed by atoms with Crippen LogP contribution in [0.5, 0.6) is 5.75 Å². The number of ether oxygens (including phenoxy) is 1. The summed E-state index contributed by atoms with van der Waals surface area (Å²) in [6.45, 7) is 8.66. The molecule has 2 aromatic rings. The number of anilines is 1. The van der Waals surface area contributed by atoms with E-state index >= 15 is 0 Å². The van der Waals surface area contributed by atoms with Crippen LogP contribution in [-0.2, 0) is 16.8 Å². The van der Waals surface area contributed by atoms with Crippen molar-refractivity contribution in [3.05, 3.63) is 58.5 Å². The predicted molar refractivity (Wildman–Crippen MR) is 107 cm³/mol. The van der Waals surface area contributed by atoms with Crippen LogP contribution in [0.2, 0.25) is 0 Å². The summed E-state index contributed by atoms with van der Waals surface area (Å²) in [4.78, 5) is 25.3. The molecule has 1 aliphatic rings. The summed E-state index contributed by atoms with van der Waals surface area (Å²) in [6.07, 6.45) is 1.87. The molecule has 0 fully saturated rings. The van der Waals surface area contributed by atoms with Crippen molar-refractivity contribution in [2.75, 3.05) is 11.9 Å². The van der Waals surface area contributed by atoms with Gasteiger partial charge in [-0.15, -0.1) is 0 Å². The monoisotopic (exact) mass is 368 g/mol. The molecular weight excluding hydrogens is 340 g/mol. The SMILES string of the molecule is CC(C)C1(C(C)C)CCc2ccc(NCC(=O)Oc3ccccc3)c(=O)n21. The fraction of sp³-hybridized carbons (Fsp3) is 0.455. The molecule has 0 saturated heterocycles. The van der Waals surface area contributed by atoms with E-state index in [9.17, 15) is 9.59 Å². The highest BCUT2D eigenvalue weighted by Crippen LogP contribution is 2.43. The third-order valence-corrected chi connectivity index (χ3v) is 5.76. The minimum atomic E-state index is -0.426. The smallest absolute Gasteiger partial charge is 0.330 e. The van der Waals surface area contributed by atoms with Gasteiger partial charge in [0, 0.05) is 5.69 Å². The molecule has 27 heavy (non-hydrogen) atoms. The number of fused-ring (bicyclic) bond motifs is 1. The van der Waals surface area contributed by atoms with Crippen LogP contribution < -0.4 is 15.6 Å². The summed E-state index contributed by atoms with van der Waals surface area (Å²) in [5.41, 5.74) is 1.27. The second-order valence-corrected chi connectivity index (χ2v) is 7.82. The van der Waals surface area contributed by atoms with Gasteiger partial charge in [-0.2, -0.15) is 0 Å². The van der Waals surface area contributed by atoms with Crippen LogP contribution in [-0.4, -0.2) is 17.1 Å². The van der Waals surface area contributed by atoms with Crippen LogP contribution in [0.25, 0.3) is 0 Å². The molecular formula is C22H28N2O3. The van der Waals surface area contributed by atoms with Gasteiger partial charge in [0.05, 0.1) is 5.54 Å². The molecule has 0 amide bonds. The number of aromatic nitrogens is 1. The Morgan fingerprint density at radius 1 is 1.11 bits per heavy atom. The van der Waals surface area contributed by atoms with E-state index in [2.05, 4.69) is 33.0 Å². The van der Waals surface area contributed by atoms with Crippen molar-refractivity contribution in [3.63, 3.8) is 0 Å². The number of esters is 1. The Bertz CT molecular complexity index is 861. The molecule has 0 atom stereocenters. The minimum Gasteiger partial charge on any atom is -0.425 e. The van der Waals surface area contributed by atoms with Gasteiger partial charge in [0.15, 0.2) is 0 Å². The highest BCUT2D eigenvalue weighted by atomic mass is 16.5. The van der Waals surface area contributed by atoms with E-state index in [-0.39, 0.29) is 17.6 Å². The van der Waals surface area contributed by atoms with Crippen molar-refractivity contribution in [1.29, 1.82) is 0 Å². The van der Waals surface area contributed by atoms with E-state index in [0.29, 0.717) is 23.3 Å². The first-order valence-corrected chi connectivity index (χ1v) is 9.61. The number of hydrogen-bond donors (Lipinski definition) is 1. The van der Waals surface area contributed by atoms with E-state index in [1.54, 1.807) is 30.3 Å². The summed E-state index contributed by atoms with van der Waals surface area (Å²) >= 11 is 0. The molecule has 0 unspecified atom stereocenters. The summed E-state index contributed by atoms with van der Waals surface area (Å²) in [6, 6.07) is 12.7. The van der Waals surface area contributed by atoms with Gasteiger partial charge in [-0.1, -0.05) is 45.9 Å². The topological polar surface area (TPSA) is 60.3 Å². The fourth-order valence-electron chi connectivity index (χ4n) is 4.39. The van der Waals surface area contributed by atoms with Crippen molar-refractivity contribution in [2.45, 2.75) is 46.1 Å². The Morgan fingerprint density at radius 3 is 2.41 bits per heavy atom. The van der Waals surface area contributed by atoms with Gasteiger partial charge in [0.25, 0.3) is 5.56 Å². The largest absolute Gasteiger partial charge is 0.425 e. The number of nitrogens with zero attached hydrogens (tertiary/aromatic N) is 1. The number of para-hydroxylation sites is 1. The van der Waals surface area contributed by atoms with Gasteiger partial charge in [-0.25, -0.2) is 4.79 Å². The number of hydrogen-bond acceptors (Lipinski definition) is 4. The summed E-state index contributed by atoms with van der Waals surface area (Å²) in [7, 11) is 0. The maximum atomic E-state index is 13.2. The second-order valence-electron chi connectivity index (χ2n) is 7.82. The van der Waals surface area contributed by atoms with E-state index in [1.807, 2.05) is 16.7 Å². The highest BCUT2D eigenvalue weighted by molar-refractivity contribution is 5.77. The van der Waals surface area contributed by atoms with Crippen molar-refractivity contribution in [1.82, 2.24) is 4.57 Å². The van der Waals surface area contributed by atoms with Crippen molar-refractivity contribution in [3.8, 4) is 5.75 Å². The molecule has 5 heteroatoms. The van der Waals surface area contributed by atoms with Crippen LogP contribution in [0.4, 0.5) is 5.69 Å². The van der Waals surface area contributed by atoms with Crippen LogP contribution in [0.1, 0.15) is 39.8 Å². The number of benzene rings is 1. The van der Waals surface area contributed by atoms with Crippen LogP contribution in [0.3, 0.4) is 0 Å². The highest BCUT2D eigenvalue weighted by Gasteiger charge is 2.44. The Hall–Kier alpha value is -2.56. The molecule has 0 radical (unpaired) electrons. The number of rotatable bonds is 6. The molecule has 1 aliphatic heterocycles. The third kappa shape index (κ3) is 3.51. The van der Waals surface area contributed by atoms with Crippen molar-refractivity contribution in [2.24, 2.45) is 11.8 Å². The third-order valence-electron chi connectivity index (χ3n) is 5.76. The van der Waals surface area contributed by atoms with Crippen molar-refractivity contribution >= 4 is 11.7 Å². The Labute approximate surface area is 160 Å². The summed E-state index contributed by atoms with van der Waals surface area (Å²) in [5, 5.41) is 2.97. The molecule has 144 valence electrons. The Kier molecular flexibility index (Phi) is 5.40. The lowest BCUT2D eigenvalue weighted by Gasteiger charge is -2.40.